The van der Waals surface area contributed by atoms with Crippen LogP contribution in [-0.2, 0) is 0 Å². The Morgan fingerprint density at radius 3 is 1.94 bits per heavy atom. The third-order valence-electron chi connectivity index (χ3n) is 3.94. The molecule has 0 spiro atoms. The Labute approximate surface area is 102 Å². The Morgan fingerprint density at radius 1 is 1.19 bits per heavy atom. The normalized spacial score (nSPS) is 13.8. The number of rotatable bonds is 8. The zero-order chi connectivity index (χ0) is 12.6. The predicted molar refractivity (Wildman–Crippen MR) is 72.5 cm³/mol. The van der Waals surface area contributed by atoms with Crippen molar-refractivity contribution in [3.05, 3.63) is 0 Å². The molecule has 0 aliphatic carbocycles. The zero-order valence-electron chi connectivity index (χ0n) is 11.6. The van der Waals surface area contributed by atoms with Gasteiger partial charge in [-0.25, -0.2) is 0 Å². The summed E-state index contributed by atoms with van der Waals surface area (Å²) in [5.74, 6) is 2.81. The van der Waals surface area contributed by atoms with E-state index in [0.29, 0.717) is 6.04 Å². The molecule has 2 nitrogen and oxygen atoms in total. The topological polar surface area (TPSA) is 15.3 Å². The quantitative estimate of drug-likeness (QED) is 0.637. The van der Waals surface area contributed by atoms with Crippen molar-refractivity contribution in [3.8, 4) is 12.3 Å². The van der Waals surface area contributed by atoms with E-state index < -0.39 is 0 Å². The second kappa shape index (κ2) is 7.70. The van der Waals surface area contributed by atoms with E-state index in [9.17, 15) is 0 Å². The maximum atomic E-state index is 5.49. The van der Waals surface area contributed by atoms with Gasteiger partial charge in [0, 0.05) is 18.0 Å². The largest absolute Gasteiger partial charge is 0.314 e. The smallest absolute Gasteiger partial charge is 0.0366 e. The van der Waals surface area contributed by atoms with Crippen LogP contribution in [0.5, 0.6) is 0 Å². The minimum atomic E-state index is 0.199. The third-order valence-corrected chi connectivity index (χ3v) is 3.94. The first-order valence-corrected chi connectivity index (χ1v) is 6.52. The zero-order valence-corrected chi connectivity index (χ0v) is 11.6. The molecule has 0 bridgehead atoms. The van der Waals surface area contributed by atoms with Crippen molar-refractivity contribution < 1.29 is 0 Å². The first-order valence-electron chi connectivity index (χ1n) is 6.52. The van der Waals surface area contributed by atoms with Gasteiger partial charge in [0.25, 0.3) is 0 Å². The van der Waals surface area contributed by atoms with Crippen LogP contribution in [0.3, 0.4) is 0 Å². The van der Waals surface area contributed by atoms with E-state index >= 15 is 0 Å². The maximum Gasteiger partial charge on any atom is 0.0366 e. The minimum absolute atomic E-state index is 0.199. The molecule has 16 heavy (non-hydrogen) atoms. The van der Waals surface area contributed by atoms with E-state index in [1.54, 1.807) is 0 Å². The van der Waals surface area contributed by atoms with Crippen LogP contribution in [0.1, 0.15) is 47.0 Å². The van der Waals surface area contributed by atoms with Crippen molar-refractivity contribution in [1.82, 2.24) is 10.2 Å². The van der Waals surface area contributed by atoms with Gasteiger partial charge in [-0.3, -0.25) is 4.90 Å². The van der Waals surface area contributed by atoms with Gasteiger partial charge < -0.3 is 5.32 Å². The van der Waals surface area contributed by atoms with Gasteiger partial charge >= 0.3 is 0 Å². The summed E-state index contributed by atoms with van der Waals surface area (Å²) in [5.41, 5.74) is 0.199. The Hall–Kier alpha value is -0.520. The predicted octanol–water partition coefficient (Wildman–Crippen LogP) is 2.50. The van der Waals surface area contributed by atoms with Crippen LogP contribution >= 0.6 is 0 Å². The summed E-state index contributed by atoms with van der Waals surface area (Å²) in [6.45, 7) is 11.2. The standard InChI is InChI=1S/C14H28N2/c1-7-12-13(15-6)14(8-2,9-3)16(10-4)11-5/h1,13,15H,8-12H2,2-6H3. The molecule has 0 aliphatic rings. The molecule has 1 unspecified atom stereocenters. The number of terminal acetylenes is 1. The summed E-state index contributed by atoms with van der Waals surface area (Å²) in [5, 5.41) is 3.41. The second-order valence-corrected chi connectivity index (χ2v) is 4.23. The molecule has 0 aliphatic heterocycles. The molecular formula is C14H28N2. The van der Waals surface area contributed by atoms with Crippen LogP contribution in [0.15, 0.2) is 0 Å². The lowest BCUT2D eigenvalue weighted by Crippen LogP contribution is -2.60. The fraction of sp³-hybridized carbons (Fsp3) is 0.857. The van der Waals surface area contributed by atoms with Crippen molar-refractivity contribution in [1.29, 1.82) is 0 Å². The fourth-order valence-corrected chi connectivity index (χ4v) is 2.94. The van der Waals surface area contributed by atoms with Crippen molar-refractivity contribution in [2.45, 2.75) is 58.5 Å². The number of nitrogens with zero attached hydrogens (tertiary/aromatic N) is 1. The van der Waals surface area contributed by atoms with E-state index in [4.69, 9.17) is 6.42 Å². The summed E-state index contributed by atoms with van der Waals surface area (Å²) in [6, 6.07) is 0.382. The molecule has 0 saturated carbocycles. The molecule has 2 heteroatoms. The summed E-state index contributed by atoms with van der Waals surface area (Å²) >= 11 is 0. The van der Waals surface area contributed by atoms with Crippen molar-refractivity contribution in [3.63, 3.8) is 0 Å². The number of nitrogens with one attached hydrogen (secondary N) is 1. The van der Waals surface area contributed by atoms with E-state index in [-0.39, 0.29) is 5.54 Å². The van der Waals surface area contributed by atoms with Crippen LogP contribution in [-0.4, -0.2) is 36.6 Å². The third kappa shape index (κ3) is 2.99. The molecule has 0 amide bonds. The molecule has 94 valence electrons. The van der Waals surface area contributed by atoms with E-state index in [2.05, 4.69) is 43.8 Å². The van der Waals surface area contributed by atoms with Crippen LogP contribution in [0.4, 0.5) is 0 Å². The summed E-state index contributed by atoms with van der Waals surface area (Å²) in [6.07, 6.45) is 8.56. The van der Waals surface area contributed by atoms with E-state index in [1.807, 2.05) is 7.05 Å². The van der Waals surface area contributed by atoms with Crippen molar-refractivity contribution in [2.75, 3.05) is 20.1 Å². The molecule has 1 atom stereocenters. The highest BCUT2D eigenvalue weighted by atomic mass is 15.2. The van der Waals surface area contributed by atoms with Gasteiger partial charge in [0.15, 0.2) is 0 Å². The van der Waals surface area contributed by atoms with Gasteiger partial charge in [0.05, 0.1) is 0 Å². The Morgan fingerprint density at radius 2 is 1.69 bits per heavy atom. The SMILES string of the molecule is C#CCC(NC)C(CC)(CC)N(CC)CC. The van der Waals surface area contributed by atoms with Crippen LogP contribution in [0, 0.1) is 12.3 Å². The molecule has 0 aromatic heterocycles. The van der Waals surface area contributed by atoms with E-state index in [0.717, 1.165) is 32.4 Å². The van der Waals surface area contributed by atoms with Gasteiger partial charge in [0.1, 0.15) is 0 Å². The van der Waals surface area contributed by atoms with Crippen molar-refractivity contribution in [2.24, 2.45) is 0 Å². The van der Waals surface area contributed by atoms with Crippen LogP contribution < -0.4 is 5.32 Å². The number of hydrogen-bond donors (Lipinski definition) is 1. The lowest BCUT2D eigenvalue weighted by Gasteiger charge is -2.47. The molecule has 0 radical (unpaired) electrons. The average Bonchev–Trinajstić information content (AvgIpc) is 2.33. The molecule has 0 heterocycles. The highest BCUT2D eigenvalue weighted by molar-refractivity contribution is 5.03. The molecule has 0 rings (SSSR count). The Bertz CT molecular complexity index is 209. The van der Waals surface area contributed by atoms with Gasteiger partial charge in [0.2, 0.25) is 0 Å². The number of hydrogen-bond acceptors (Lipinski definition) is 2. The molecule has 0 aromatic carbocycles. The fourth-order valence-electron chi connectivity index (χ4n) is 2.94. The first-order chi connectivity index (χ1) is 7.66. The van der Waals surface area contributed by atoms with Gasteiger partial charge in [-0.15, -0.1) is 12.3 Å². The summed E-state index contributed by atoms with van der Waals surface area (Å²) < 4.78 is 0. The van der Waals surface area contributed by atoms with Gasteiger partial charge in [-0.2, -0.15) is 0 Å². The van der Waals surface area contributed by atoms with Crippen LogP contribution in [0.25, 0.3) is 0 Å². The molecular weight excluding hydrogens is 196 g/mol. The molecule has 0 fully saturated rings. The van der Waals surface area contributed by atoms with E-state index in [1.165, 1.54) is 0 Å². The Kier molecular flexibility index (Phi) is 7.45. The lowest BCUT2D eigenvalue weighted by atomic mass is 9.81. The molecule has 0 aromatic rings. The first kappa shape index (κ1) is 15.5. The average molecular weight is 224 g/mol. The van der Waals surface area contributed by atoms with Gasteiger partial charge in [-0.05, 0) is 33.0 Å². The monoisotopic (exact) mass is 224 g/mol. The second-order valence-electron chi connectivity index (χ2n) is 4.23. The summed E-state index contributed by atoms with van der Waals surface area (Å²) in [4.78, 5) is 2.55. The minimum Gasteiger partial charge on any atom is -0.314 e. The number of likely N-dealkylation sites (N-methyl/N-ethyl adjacent to an activating group) is 2. The summed E-state index contributed by atoms with van der Waals surface area (Å²) in [7, 11) is 2.02. The highest BCUT2D eigenvalue weighted by Crippen LogP contribution is 2.29. The van der Waals surface area contributed by atoms with Crippen molar-refractivity contribution >= 4 is 0 Å². The Balaban J connectivity index is 5.11. The van der Waals surface area contributed by atoms with Gasteiger partial charge in [-0.1, -0.05) is 27.7 Å². The highest BCUT2D eigenvalue weighted by Gasteiger charge is 2.38. The molecule has 0 saturated heterocycles. The van der Waals surface area contributed by atoms with Crippen LogP contribution in [0.2, 0.25) is 0 Å². The maximum absolute atomic E-state index is 5.49. The molecule has 1 N–H and O–H groups in total. The lowest BCUT2D eigenvalue weighted by molar-refractivity contribution is 0.0536.